The maximum Gasteiger partial charge on any atom is 0.274 e. The van der Waals surface area contributed by atoms with E-state index in [-0.39, 0.29) is 22.2 Å². The number of hydrogen-bond donors (Lipinski definition) is 0. The highest BCUT2D eigenvalue weighted by molar-refractivity contribution is 7.93. The predicted molar refractivity (Wildman–Crippen MR) is 163 cm³/mol. The van der Waals surface area contributed by atoms with E-state index >= 15 is 4.79 Å². The minimum Gasteiger partial charge on any atom is -0.497 e. The molecule has 4 aromatic rings. The molecule has 4 heterocycles. The largest absolute Gasteiger partial charge is 0.497 e. The van der Waals surface area contributed by atoms with Crippen molar-refractivity contribution in [2.24, 2.45) is 0 Å². The van der Waals surface area contributed by atoms with Crippen LogP contribution in [0.2, 0.25) is 5.02 Å². The van der Waals surface area contributed by atoms with E-state index in [1.165, 1.54) is 50.9 Å². The molecule has 43 heavy (non-hydrogen) atoms. The second kappa shape index (κ2) is 11.3. The first-order valence-corrected chi connectivity index (χ1v) is 16.0. The van der Waals surface area contributed by atoms with Crippen LogP contribution in [-0.4, -0.2) is 76.7 Å². The second-order valence-electron chi connectivity index (χ2n) is 9.81. The van der Waals surface area contributed by atoms with Crippen molar-refractivity contribution in [2.75, 3.05) is 56.7 Å². The molecule has 224 valence electrons. The van der Waals surface area contributed by atoms with Crippen LogP contribution in [0.3, 0.4) is 0 Å². The number of pyridine rings is 1. The van der Waals surface area contributed by atoms with Gasteiger partial charge in [0.1, 0.15) is 16.4 Å². The van der Waals surface area contributed by atoms with Crippen molar-refractivity contribution in [1.29, 1.82) is 0 Å². The van der Waals surface area contributed by atoms with Gasteiger partial charge in [-0.1, -0.05) is 11.6 Å². The predicted octanol–water partition coefficient (Wildman–Crippen LogP) is 4.02. The summed E-state index contributed by atoms with van der Waals surface area (Å²) in [5, 5.41) is 3.14. The van der Waals surface area contributed by atoms with E-state index in [0.717, 1.165) is 9.44 Å². The van der Waals surface area contributed by atoms with Gasteiger partial charge >= 0.3 is 0 Å². The van der Waals surface area contributed by atoms with Crippen molar-refractivity contribution < 1.29 is 27.4 Å². The van der Waals surface area contributed by atoms with Crippen LogP contribution in [0.4, 0.5) is 10.8 Å². The molecule has 2 aromatic carbocycles. The van der Waals surface area contributed by atoms with E-state index < -0.39 is 21.5 Å². The van der Waals surface area contributed by atoms with Crippen molar-refractivity contribution in [3.63, 3.8) is 0 Å². The molecule has 14 heteroatoms. The van der Waals surface area contributed by atoms with Gasteiger partial charge in [-0.05, 0) is 42.5 Å². The molecule has 0 saturated carbocycles. The van der Waals surface area contributed by atoms with E-state index in [9.17, 15) is 8.42 Å². The topological polar surface area (TPSA) is 114 Å². The number of carbonyl (C=O) groups is 1. The Morgan fingerprint density at radius 2 is 1.70 bits per heavy atom. The van der Waals surface area contributed by atoms with Crippen molar-refractivity contribution >= 4 is 49.7 Å². The molecule has 0 radical (unpaired) electrons. The fourth-order valence-electron chi connectivity index (χ4n) is 5.84. The number of hydrogen-bond acceptors (Lipinski definition) is 11. The van der Waals surface area contributed by atoms with Crippen LogP contribution in [0.5, 0.6) is 17.4 Å². The Labute approximate surface area is 258 Å². The summed E-state index contributed by atoms with van der Waals surface area (Å²) in [6.07, 6.45) is 3.31. The highest BCUT2D eigenvalue weighted by Crippen LogP contribution is 2.53. The lowest BCUT2D eigenvalue weighted by atomic mass is 9.82. The third kappa shape index (κ3) is 4.58. The summed E-state index contributed by atoms with van der Waals surface area (Å²) < 4.78 is 46.2. The van der Waals surface area contributed by atoms with Gasteiger partial charge in [0.25, 0.3) is 15.9 Å². The van der Waals surface area contributed by atoms with E-state index in [1.54, 1.807) is 42.7 Å². The molecular weight excluding hydrogens is 614 g/mol. The van der Waals surface area contributed by atoms with Crippen molar-refractivity contribution in [3.8, 4) is 17.4 Å². The molecule has 2 aliphatic heterocycles. The summed E-state index contributed by atoms with van der Waals surface area (Å²) in [5.74, 6) is -0.0542. The lowest BCUT2D eigenvalue weighted by Gasteiger charge is -2.45. The van der Waals surface area contributed by atoms with Gasteiger partial charge in [-0.15, -0.1) is 11.3 Å². The van der Waals surface area contributed by atoms with E-state index in [2.05, 4.69) is 14.9 Å². The number of thiazole rings is 1. The summed E-state index contributed by atoms with van der Waals surface area (Å²) in [7, 11) is -0.214. The number of carbonyl (C=O) groups excluding carboxylic acids is 1. The first-order valence-electron chi connectivity index (χ1n) is 13.3. The number of benzene rings is 2. The first-order chi connectivity index (χ1) is 20.8. The summed E-state index contributed by atoms with van der Waals surface area (Å²) >= 11 is 8.09. The molecule has 0 bridgehead atoms. The van der Waals surface area contributed by atoms with Crippen LogP contribution in [0.1, 0.15) is 11.1 Å². The van der Waals surface area contributed by atoms with Gasteiger partial charge < -0.3 is 19.1 Å². The van der Waals surface area contributed by atoms with Crippen molar-refractivity contribution in [3.05, 3.63) is 82.5 Å². The van der Waals surface area contributed by atoms with Crippen LogP contribution < -0.4 is 23.4 Å². The Balaban J connectivity index is 1.56. The molecule has 1 amide bonds. The van der Waals surface area contributed by atoms with E-state index in [0.29, 0.717) is 48.1 Å². The SMILES string of the molecule is COc1ccc(S(=O)(=O)N2C(=O)C(c3cccnc3OC)(N3CCN(c4nccs4)CC3)c3cc(Cl)ccc32)c(OC)c1. The van der Waals surface area contributed by atoms with Crippen LogP contribution in [0.15, 0.2) is 71.2 Å². The monoisotopic (exact) mass is 641 g/mol. The smallest absolute Gasteiger partial charge is 0.274 e. The number of aromatic nitrogens is 2. The summed E-state index contributed by atoms with van der Waals surface area (Å²) in [6, 6.07) is 12.6. The number of ether oxygens (including phenoxy) is 3. The molecule has 6 rings (SSSR count). The zero-order valence-corrected chi connectivity index (χ0v) is 25.9. The fourth-order valence-corrected chi connectivity index (χ4v) is 8.31. The molecule has 1 fully saturated rings. The summed E-state index contributed by atoms with van der Waals surface area (Å²) in [6.45, 7) is 1.93. The highest BCUT2D eigenvalue weighted by atomic mass is 35.5. The number of sulfonamides is 1. The lowest BCUT2D eigenvalue weighted by Crippen LogP contribution is -2.60. The molecule has 0 aliphatic carbocycles. The molecule has 11 nitrogen and oxygen atoms in total. The molecule has 0 N–H and O–H groups in total. The molecule has 2 aromatic heterocycles. The number of nitrogens with zero attached hydrogens (tertiary/aromatic N) is 5. The molecule has 1 unspecified atom stereocenters. The van der Waals surface area contributed by atoms with Crippen LogP contribution in [-0.2, 0) is 20.4 Å². The number of piperazine rings is 1. The standard InChI is InChI=1S/C29H28ClN5O6S2/c1-39-20-7-9-25(24(18-20)40-2)43(37,38)35-23-8-6-19(30)17-22(23)29(27(35)36,21-5-4-10-31-26(21)41-3)34-14-12-33(13-15-34)28-32-11-16-42-28/h4-11,16-18H,12-15H2,1-3H3. The molecule has 2 aliphatic rings. The fraction of sp³-hybridized carbons (Fsp3) is 0.276. The summed E-state index contributed by atoms with van der Waals surface area (Å²) in [4.78, 5) is 27.9. The number of fused-ring (bicyclic) bond motifs is 1. The summed E-state index contributed by atoms with van der Waals surface area (Å²) in [5.41, 5.74) is -0.620. The van der Waals surface area contributed by atoms with Gasteiger partial charge in [0, 0.05) is 66.2 Å². The third-order valence-electron chi connectivity index (χ3n) is 7.75. The zero-order valence-electron chi connectivity index (χ0n) is 23.6. The number of rotatable bonds is 8. The zero-order chi connectivity index (χ0) is 30.4. The number of anilines is 2. The van der Waals surface area contributed by atoms with Crippen LogP contribution in [0.25, 0.3) is 0 Å². The van der Waals surface area contributed by atoms with Gasteiger partial charge in [-0.3, -0.25) is 9.69 Å². The second-order valence-corrected chi connectivity index (χ2v) is 12.9. The molecule has 1 atom stereocenters. The third-order valence-corrected chi connectivity index (χ3v) is 10.6. The van der Waals surface area contributed by atoms with Crippen molar-refractivity contribution in [2.45, 2.75) is 10.4 Å². The molecular formula is C29H28ClN5O6S2. The molecule has 0 spiro atoms. The van der Waals surface area contributed by atoms with Gasteiger partial charge in [0.05, 0.1) is 27.0 Å². The Morgan fingerprint density at radius 3 is 2.37 bits per heavy atom. The Hall–Kier alpha value is -3.91. The van der Waals surface area contributed by atoms with Crippen molar-refractivity contribution in [1.82, 2.24) is 14.9 Å². The van der Waals surface area contributed by atoms with Crippen LogP contribution >= 0.6 is 22.9 Å². The first kappa shape index (κ1) is 29.2. The van der Waals surface area contributed by atoms with Gasteiger partial charge in [0.15, 0.2) is 10.7 Å². The quantitative estimate of drug-likeness (QED) is 0.279. The normalized spacial score (nSPS) is 18.9. The minimum absolute atomic E-state index is 0.0381. The lowest BCUT2D eigenvalue weighted by molar-refractivity contribution is -0.127. The van der Waals surface area contributed by atoms with E-state index in [4.69, 9.17) is 25.8 Å². The Kier molecular flexibility index (Phi) is 7.67. The number of amides is 1. The minimum atomic E-state index is -4.51. The number of methoxy groups -OCH3 is 3. The highest BCUT2D eigenvalue weighted by Gasteiger charge is 2.61. The number of halogens is 1. The van der Waals surface area contributed by atoms with Gasteiger partial charge in [-0.2, -0.15) is 0 Å². The molecule has 1 saturated heterocycles. The average Bonchev–Trinajstić information content (AvgIpc) is 3.66. The Bertz CT molecular complexity index is 1780. The van der Waals surface area contributed by atoms with Gasteiger partial charge in [-0.25, -0.2) is 22.7 Å². The Morgan fingerprint density at radius 1 is 0.907 bits per heavy atom. The maximum absolute atomic E-state index is 15.1. The van der Waals surface area contributed by atoms with E-state index in [1.807, 2.05) is 10.3 Å². The average molecular weight is 642 g/mol. The van der Waals surface area contributed by atoms with Crippen LogP contribution in [0, 0.1) is 0 Å². The maximum atomic E-state index is 15.1. The van der Waals surface area contributed by atoms with Gasteiger partial charge in [0.2, 0.25) is 5.88 Å².